The third kappa shape index (κ3) is 4.67. The number of aryl methyl sites for hydroxylation is 2. The number of nitrogens with one attached hydrogen (secondary N) is 1. The largest absolute Gasteiger partial charge is 0.271 e. The minimum absolute atomic E-state index is 0.220. The average Bonchev–Trinajstić information content (AvgIpc) is 2.69. The normalized spacial score (nSPS) is 14.6. The number of rotatable bonds is 8. The van der Waals surface area contributed by atoms with Crippen molar-refractivity contribution in [3.05, 3.63) is 16.4 Å². The number of thioether (sulfide) groups is 1. The molecule has 0 aromatic carbocycles. The Labute approximate surface area is 125 Å². The fourth-order valence-corrected chi connectivity index (χ4v) is 3.08. The first-order valence-electron chi connectivity index (χ1n) is 6.82. The molecule has 2 unspecified atom stereocenters. The smallest absolute Gasteiger partial charge is 0.0847 e. The summed E-state index contributed by atoms with van der Waals surface area (Å²) < 4.78 is 1.97. The van der Waals surface area contributed by atoms with Crippen LogP contribution in [0.1, 0.15) is 38.6 Å². The monoisotopic (exact) mass is 304 g/mol. The number of halogens is 1. The van der Waals surface area contributed by atoms with Gasteiger partial charge in [0.2, 0.25) is 0 Å². The predicted octanol–water partition coefficient (Wildman–Crippen LogP) is 2.77. The van der Waals surface area contributed by atoms with Crippen LogP contribution in [-0.2, 0) is 13.0 Å². The van der Waals surface area contributed by atoms with Gasteiger partial charge in [-0.25, -0.2) is 0 Å². The standard InChI is InChI=1S/C13H25ClN4S/c1-5-9(3)19-8-11(16-15)7-12-13(14)10(4)17-18(12)6-2/h9,11,16H,5-8,15H2,1-4H3. The molecule has 0 saturated carbocycles. The molecule has 2 atom stereocenters. The summed E-state index contributed by atoms with van der Waals surface area (Å²) in [6, 6.07) is 0.220. The SMILES string of the molecule is CCC(C)SCC(Cc1c(Cl)c(C)nn1CC)NN. The number of aromatic nitrogens is 2. The third-order valence-electron chi connectivity index (χ3n) is 3.29. The Morgan fingerprint density at radius 2 is 2.16 bits per heavy atom. The molecule has 0 amide bonds. The van der Waals surface area contributed by atoms with Crippen molar-refractivity contribution in [1.82, 2.24) is 15.2 Å². The summed E-state index contributed by atoms with van der Waals surface area (Å²) in [5.74, 6) is 6.64. The number of nitrogens with zero attached hydrogens (tertiary/aromatic N) is 2. The summed E-state index contributed by atoms with van der Waals surface area (Å²) in [4.78, 5) is 0. The minimum atomic E-state index is 0.220. The van der Waals surface area contributed by atoms with E-state index in [1.807, 2.05) is 23.4 Å². The molecule has 19 heavy (non-hydrogen) atoms. The van der Waals surface area contributed by atoms with Crippen LogP contribution >= 0.6 is 23.4 Å². The Balaban J connectivity index is 2.70. The molecule has 1 heterocycles. The van der Waals surface area contributed by atoms with Crippen LogP contribution in [0.2, 0.25) is 5.02 Å². The highest BCUT2D eigenvalue weighted by Crippen LogP contribution is 2.23. The van der Waals surface area contributed by atoms with Gasteiger partial charge in [-0.05, 0) is 20.3 Å². The molecule has 110 valence electrons. The molecular formula is C13H25ClN4S. The first-order valence-corrected chi connectivity index (χ1v) is 8.25. The lowest BCUT2D eigenvalue weighted by molar-refractivity contribution is 0.534. The second-order valence-corrected chi connectivity index (χ2v) is 6.63. The molecule has 0 aliphatic rings. The van der Waals surface area contributed by atoms with E-state index >= 15 is 0 Å². The molecule has 1 rings (SSSR count). The number of hydrogen-bond donors (Lipinski definition) is 2. The first kappa shape index (κ1) is 16.8. The van der Waals surface area contributed by atoms with Crippen molar-refractivity contribution in [3.63, 3.8) is 0 Å². The van der Waals surface area contributed by atoms with E-state index in [4.69, 9.17) is 17.4 Å². The Morgan fingerprint density at radius 3 is 2.68 bits per heavy atom. The first-order chi connectivity index (χ1) is 9.03. The molecule has 4 nitrogen and oxygen atoms in total. The Hall–Kier alpha value is -0.230. The highest BCUT2D eigenvalue weighted by molar-refractivity contribution is 7.99. The van der Waals surface area contributed by atoms with Crippen LogP contribution in [0.3, 0.4) is 0 Å². The summed E-state index contributed by atoms with van der Waals surface area (Å²) in [6.07, 6.45) is 1.99. The van der Waals surface area contributed by atoms with Crippen molar-refractivity contribution in [2.24, 2.45) is 5.84 Å². The van der Waals surface area contributed by atoms with Gasteiger partial charge in [-0.3, -0.25) is 16.0 Å². The lowest BCUT2D eigenvalue weighted by Gasteiger charge is -2.18. The molecule has 0 saturated heterocycles. The van der Waals surface area contributed by atoms with E-state index in [-0.39, 0.29) is 6.04 Å². The Kier molecular flexibility index (Phi) is 7.21. The van der Waals surface area contributed by atoms with Crippen molar-refractivity contribution in [3.8, 4) is 0 Å². The van der Waals surface area contributed by atoms with Crippen LogP contribution in [0, 0.1) is 6.92 Å². The lowest BCUT2D eigenvalue weighted by atomic mass is 10.2. The third-order valence-corrected chi connectivity index (χ3v) is 5.27. The van der Waals surface area contributed by atoms with Crippen molar-refractivity contribution in [2.75, 3.05) is 5.75 Å². The topological polar surface area (TPSA) is 55.9 Å². The van der Waals surface area contributed by atoms with Gasteiger partial charge in [0, 0.05) is 30.0 Å². The molecule has 0 radical (unpaired) electrons. The molecular weight excluding hydrogens is 280 g/mol. The molecule has 1 aromatic heterocycles. The van der Waals surface area contributed by atoms with Gasteiger partial charge < -0.3 is 0 Å². The maximum atomic E-state index is 6.33. The van der Waals surface area contributed by atoms with E-state index in [1.54, 1.807) is 0 Å². The molecule has 0 bridgehead atoms. The fraction of sp³-hybridized carbons (Fsp3) is 0.769. The van der Waals surface area contributed by atoms with Gasteiger partial charge in [0.05, 0.1) is 16.4 Å². The molecule has 0 aliphatic carbocycles. The lowest BCUT2D eigenvalue weighted by Crippen LogP contribution is -2.39. The fourth-order valence-electron chi connectivity index (χ4n) is 1.86. The van der Waals surface area contributed by atoms with E-state index < -0.39 is 0 Å². The van der Waals surface area contributed by atoms with Crippen LogP contribution in [0.5, 0.6) is 0 Å². The van der Waals surface area contributed by atoms with Gasteiger partial charge in [0.1, 0.15) is 0 Å². The van der Waals surface area contributed by atoms with Crippen molar-refractivity contribution >= 4 is 23.4 Å². The predicted molar refractivity (Wildman–Crippen MR) is 84.7 cm³/mol. The van der Waals surface area contributed by atoms with Crippen LogP contribution < -0.4 is 11.3 Å². The van der Waals surface area contributed by atoms with Crippen LogP contribution in [0.4, 0.5) is 0 Å². The molecule has 0 spiro atoms. The molecule has 3 N–H and O–H groups in total. The summed E-state index contributed by atoms with van der Waals surface area (Å²) in [5.41, 5.74) is 4.87. The summed E-state index contributed by atoms with van der Waals surface area (Å²) in [5, 5.41) is 5.87. The van der Waals surface area contributed by atoms with Crippen LogP contribution in [-0.4, -0.2) is 26.8 Å². The van der Waals surface area contributed by atoms with Crippen LogP contribution in [0.15, 0.2) is 0 Å². The van der Waals surface area contributed by atoms with Gasteiger partial charge in [0.25, 0.3) is 0 Å². The molecule has 0 fully saturated rings. The second kappa shape index (κ2) is 8.15. The number of nitrogens with two attached hydrogens (primary N) is 1. The maximum Gasteiger partial charge on any atom is 0.0847 e. The molecule has 1 aromatic rings. The molecule has 0 aliphatic heterocycles. The quantitative estimate of drug-likeness (QED) is 0.573. The van der Waals surface area contributed by atoms with E-state index in [0.717, 1.165) is 35.1 Å². The van der Waals surface area contributed by atoms with Gasteiger partial charge in [0.15, 0.2) is 0 Å². The van der Waals surface area contributed by atoms with Crippen molar-refractivity contribution < 1.29 is 0 Å². The highest BCUT2D eigenvalue weighted by atomic mass is 35.5. The number of hydrogen-bond acceptors (Lipinski definition) is 4. The van der Waals surface area contributed by atoms with E-state index in [9.17, 15) is 0 Å². The van der Waals surface area contributed by atoms with Crippen LogP contribution in [0.25, 0.3) is 0 Å². The zero-order valence-electron chi connectivity index (χ0n) is 12.2. The average molecular weight is 305 g/mol. The summed E-state index contributed by atoms with van der Waals surface area (Å²) in [6.45, 7) is 9.29. The highest BCUT2D eigenvalue weighted by Gasteiger charge is 2.17. The Bertz CT molecular complexity index is 394. The zero-order chi connectivity index (χ0) is 14.4. The minimum Gasteiger partial charge on any atom is -0.271 e. The van der Waals surface area contributed by atoms with E-state index in [1.165, 1.54) is 6.42 Å². The van der Waals surface area contributed by atoms with Gasteiger partial charge in [-0.15, -0.1) is 0 Å². The van der Waals surface area contributed by atoms with E-state index in [2.05, 4.69) is 31.3 Å². The van der Waals surface area contributed by atoms with Gasteiger partial charge in [-0.1, -0.05) is 25.4 Å². The van der Waals surface area contributed by atoms with Crippen molar-refractivity contribution in [2.45, 2.75) is 58.4 Å². The Morgan fingerprint density at radius 1 is 1.47 bits per heavy atom. The van der Waals surface area contributed by atoms with Gasteiger partial charge in [-0.2, -0.15) is 16.9 Å². The number of hydrazine groups is 1. The maximum absolute atomic E-state index is 6.33. The van der Waals surface area contributed by atoms with Gasteiger partial charge >= 0.3 is 0 Å². The zero-order valence-corrected chi connectivity index (χ0v) is 13.8. The second-order valence-electron chi connectivity index (χ2n) is 4.78. The molecule has 6 heteroatoms. The summed E-state index contributed by atoms with van der Waals surface area (Å²) >= 11 is 8.26. The van der Waals surface area contributed by atoms with Crippen molar-refractivity contribution in [1.29, 1.82) is 0 Å². The summed E-state index contributed by atoms with van der Waals surface area (Å²) in [7, 11) is 0. The van der Waals surface area contributed by atoms with E-state index in [0.29, 0.717) is 5.25 Å².